The summed E-state index contributed by atoms with van der Waals surface area (Å²) in [6.07, 6.45) is 1.60. The van der Waals surface area contributed by atoms with E-state index in [0.29, 0.717) is 28.6 Å². The van der Waals surface area contributed by atoms with E-state index in [1.165, 1.54) is 27.0 Å². The third-order valence-electron chi connectivity index (χ3n) is 5.55. The number of sulfonamides is 1. The van der Waals surface area contributed by atoms with Gasteiger partial charge in [0.25, 0.3) is 15.9 Å². The Balaban J connectivity index is 1.31. The summed E-state index contributed by atoms with van der Waals surface area (Å²) < 4.78 is 33.8. The van der Waals surface area contributed by atoms with Gasteiger partial charge in [0.1, 0.15) is 4.21 Å². The quantitative estimate of drug-likeness (QED) is 0.399. The molecule has 0 saturated carbocycles. The van der Waals surface area contributed by atoms with Crippen LogP contribution < -0.4 is 0 Å². The van der Waals surface area contributed by atoms with Crippen LogP contribution in [0.25, 0.3) is 20.4 Å². The van der Waals surface area contributed by atoms with Crippen molar-refractivity contribution in [3.8, 4) is 20.4 Å². The number of aromatic nitrogens is 1. The van der Waals surface area contributed by atoms with Gasteiger partial charge in [-0.3, -0.25) is 4.79 Å². The maximum atomic E-state index is 13.4. The van der Waals surface area contributed by atoms with Gasteiger partial charge in [-0.1, -0.05) is 23.4 Å². The maximum absolute atomic E-state index is 13.4. The summed E-state index contributed by atoms with van der Waals surface area (Å²) in [5.41, 5.74) is 0.615. The molecule has 4 aromatic rings. The predicted octanol–water partition coefficient (Wildman–Crippen LogP) is 4.67. The Morgan fingerprint density at radius 1 is 0.970 bits per heavy atom. The molecule has 1 fully saturated rings. The standard InChI is InChI=1S/C23H21N3O4S3/c1-16-15-25(23(27)17-5-3-2-4-6-17)13-14-26(16)33(28,29)22-10-9-21(32-22)20-8-7-19(31-20)18-11-12-24-30-18/h2-12,16H,13-15H2,1H3. The van der Waals surface area contributed by atoms with Gasteiger partial charge in [0.15, 0.2) is 5.76 Å². The van der Waals surface area contributed by atoms with Crippen LogP contribution in [-0.2, 0) is 10.0 Å². The van der Waals surface area contributed by atoms with Crippen LogP contribution in [-0.4, -0.2) is 54.4 Å². The molecule has 1 aliphatic rings. The summed E-state index contributed by atoms with van der Waals surface area (Å²) in [7, 11) is -3.66. The van der Waals surface area contributed by atoms with Gasteiger partial charge < -0.3 is 9.42 Å². The molecule has 1 aliphatic heterocycles. The number of carbonyl (C=O) groups excluding carboxylic acids is 1. The first-order chi connectivity index (χ1) is 15.9. The van der Waals surface area contributed by atoms with E-state index in [1.807, 2.05) is 43.3 Å². The van der Waals surface area contributed by atoms with Crippen LogP contribution >= 0.6 is 22.7 Å². The van der Waals surface area contributed by atoms with Crippen LogP contribution in [0.15, 0.2) is 75.6 Å². The van der Waals surface area contributed by atoms with E-state index in [-0.39, 0.29) is 18.5 Å². The van der Waals surface area contributed by atoms with E-state index in [0.717, 1.165) is 14.6 Å². The predicted molar refractivity (Wildman–Crippen MR) is 129 cm³/mol. The van der Waals surface area contributed by atoms with Crippen molar-refractivity contribution >= 4 is 38.6 Å². The number of amides is 1. The van der Waals surface area contributed by atoms with Crippen molar-refractivity contribution in [2.75, 3.05) is 19.6 Å². The highest BCUT2D eigenvalue weighted by molar-refractivity contribution is 7.91. The number of carbonyl (C=O) groups is 1. The molecule has 0 N–H and O–H groups in total. The normalized spacial score (nSPS) is 17.4. The Kier molecular flexibility index (Phi) is 5.92. The van der Waals surface area contributed by atoms with Crippen LogP contribution in [0.2, 0.25) is 0 Å². The number of hydrogen-bond acceptors (Lipinski definition) is 7. The largest absolute Gasteiger partial charge is 0.355 e. The second-order valence-electron chi connectivity index (χ2n) is 7.74. The lowest BCUT2D eigenvalue weighted by molar-refractivity contribution is 0.0642. The van der Waals surface area contributed by atoms with Gasteiger partial charge in [-0.15, -0.1) is 22.7 Å². The van der Waals surface area contributed by atoms with E-state index >= 15 is 0 Å². The van der Waals surface area contributed by atoms with E-state index in [1.54, 1.807) is 35.4 Å². The molecule has 7 nitrogen and oxygen atoms in total. The second kappa shape index (κ2) is 8.86. The first-order valence-electron chi connectivity index (χ1n) is 10.4. The molecule has 0 spiro atoms. The third kappa shape index (κ3) is 4.26. The minimum Gasteiger partial charge on any atom is -0.355 e. The molecule has 1 amide bonds. The van der Waals surface area contributed by atoms with Crippen molar-refractivity contribution in [2.45, 2.75) is 17.2 Å². The highest BCUT2D eigenvalue weighted by Gasteiger charge is 2.36. The molecule has 1 atom stereocenters. The molecule has 1 aromatic carbocycles. The van der Waals surface area contributed by atoms with Gasteiger partial charge in [-0.05, 0) is 43.3 Å². The molecule has 5 rings (SSSR count). The fraction of sp³-hybridized carbons (Fsp3) is 0.217. The third-order valence-corrected chi connectivity index (χ3v) is 10.4. The molecule has 3 aromatic heterocycles. The first-order valence-corrected chi connectivity index (χ1v) is 13.5. The van der Waals surface area contributed by atoms with Crippen molar-refractivity contribution in [1.29, 1.82) is 0 Å². The van der Waals surface area contributed by atoms with Gasteiger partial charge in [-0.25, -0.2) is 8.42 Å². The monoisotopic (exact) mass is 499 g/mol. The summed E-state index contributed by atoms with van der Waals surface area (Å²) in [5, 5.41) is 3.73. The molecular formula is C23H21N3O4S3. The first kappa shape index (κ1) is 22.0. The van der Waals surface area contributed by atoms with Gasteiger partial charge in [-0.2, -0.15) is 4.31 Å². The molecule has 170 valence electrons. The number of nitrogens with zero attached hydrogens (tertiary/aromatic N) is 3. The van der Waals surface area contributed by atoms with Crippen molar-refractivity contribution in [3.63, 3.8) is 0 Å². The van der Waals surface area contributed by atoms with Crippen LogP contribution in [0.3, 0.4) is 0 Å². The molecule has 33 heavy (non-hydrogen) atoms. The Morgan fingerprint density at radius 2 is 1.70 bits per heavy atom. The zero-order chi connectivity index (χ0) is 23.0. The SMILES string of the molecule is CC1CN(C(=O)c2ccccc2)CCN1S(=O)(=O)c1ccc(-c2ccc(-c3ccno3)s2)s1. The number of benzene rings is 1. The fourth-order valence-corrected chi connectivity index (χ4v) is 8.00. The highest BCUT2D eigenvalue weighted by Crippen LogP contribution is 2.39. The minimum absolute atomic E-state index is 0.0711. The Bertz CT molecular complexity index is 1360. The molecule has 1 unspecified atom stereocenters. The number of thiophene rings is 2. The molecule has 0 bridgehead atoms. The molecule has 0 radical (unpaired) electrons. The zero-order valence-electron chi connectivity index (χ0n) is 17.7. The van der Waals surface area contributed by atoms with Gasteiger partial charge in [0.05, 0.1) is 11.1 Å². The Morgan fingerprint density at radius 3 is 2.42 bits per heavy atom. The number of hydrogen-bond donors (Lipinski definition) is 0. The van der Waals surface area contributed by atoms with E-state index in [2.05, 4.69) is 5.16 Å². The topological polar surface area (TPSA) is 83.7 Å². The molecule has 1 saturated heterocycles. The van der Waals surface area contributed by atoms with Gasteiger partial charge in [0.2, 0.25) is 0 Å². The van der Waals surface area contributed by atoms with E-state index < -0.39 is 10.0 Å². The lowest BCUT2D eigenvalue weighted by atomic mass is 10.1. The van der Waals surface area contributed by atoms with Crippen LogP contribution in [0.1, 0.15) is 17.3 Å². The van der Waals surface area contributed by atoms with E-state index in [9.17, 15) is 13.2 Å². The average molecular weight is 500 g/mol. The lowest BCUT2D eigenvalue weighted by Crippen LogP contribution is -2.55. The molecule has 0 aliphatic carbocycles. The lowest BCUT2D eigenvalue weighted by Gasteiger charge is -2.38. The number of rotatable bonds is 5. The summed E-state index contributed by atoms with van der Waals surface area (Å²) in [4.78, 5) is 17.3. The van der Waals surface area contributed by atoms with Crippen LogP contribution in [0.5, 0.6) is 0 Å². The average Bonchev–Trinajstić information content (AvgIpc) is 3.60. The summed E-state index contributed by atoms with van der Waals surface area (Å²) >= 11 is 2.79. The summed E-state index contributed by atoms with van der Waals surface area (Å²) in [6, 6.07) is 18.0. The fourth-order valence-electron chi connectivity index (χ4n) is 3.90. The summed E-state index contributed by atoms with van der Waals surface area (Å²) in [6.45, 7) is 2.83. The Hall–Kier alpha value is -2.79. The Labute approximate surface area is 199 Å². The van der Waals surface area contributed by atoms with Crippen molar-refractivity contribution < 1.29 is 17.7 Å². The minimum atomic E-state index is -3.66. The van der Waals surface area contributed by atoms with Gasteiger partial charge in [0, 0.05) is 47.1 Å². The molecule has 4 heterocycles. The highest BCUT2D eigenvalue weighted by atomic mass is 32.2. The molecule has 10 heteroatoms. The van der Waals surface area contributed by atoms with Crippen molar-refractivity contribution in [2.24, 2.45) is 0 Å². The van der Waals surface area contributed by atoms with Crippen molar-refractivity contribution in [3.05, 3.63) is 72.4 Å². The second-order valence-corrected chi connectivity index (χ2v) is 12.0. The smallest absolute Gasteiger partial charge is 0.253 e. The van der Waals surface area contributed by atoms with Crippen LogP contribution in [0, 0.1) is 0 Å². The van der Waals surface area contributed by atoms with Crippen LogP contribution in [0.4, 0.5) is 0 Å². The van der Waals surface area contributed by atoms with E-state index in [4.69, 9.17) is 4.52 Å². The van der Waals surface area contributed by atoms with Crippen molar-refractivity contribution in [1.82, 2.24) is 14.4 Å². The zero-order valence-corrected chi connectivity index (χ0v) is 20.2. The number of piperazine rings is 1. The maximum Gasteiger partial charge on any atom is 0.253 e. The molecular weight excluding hydrogens is 478 g/mol. The van der Waals surface area contributed by atoms with Gasteiger partial charge >= 0.3 is 0 Å². The summed E-state index contributed by atoms with van der Waals surface area (Å²) in [5.74, 6) is 0.616.